The molecule has 4 rings (SSSR count). The second-order valence-electron chi connectivity index (χ2n) is 7.25. The van der Waals surface area contributed by atoms with Crippen LogP contribution < -0.4 is 16.0 Å². The number of hydrogen-bond acceptors (Lipinski definition) is 2. The third-order valence-corrected chi connectivity index (χ3v) is 5.40. The van der Waals surface area contributed by atoms with Crippen LogP contribution in [0.5, 0.6) is 0 Å². The number of carbonyl (C=O) groups excluding carboxylic acids is 2. The predicted octanol–water partition coefficient (Wildman–Crippen LogP) is 3.35. The summed E-state index contributed by atoms with van der Waals surface area (Å²) in [7, 11) is 0. The third kappa shape index (κ3) is 3.17. The Morgan fingerprint density at radius 2 is 1.81 bits per heavy atom. The van der Waals surface area contributed by atoms with Crippen molar-refractivity contribution in [2.45, 2.75) is 31.7 Å². The van der Waals surface area contributed by atoms with E-state index >= 15 is 0 Å². The van der Waals surface area contributed by atoms with Gasteiger partial charge < -0.3 is 16.0 Å². The van der Waals surface area contributed by atoms with Crippen molar-refractivity contribution in [3.63, 3.8) is 0 Å². The molecule has 1 heterocycles. The average Bonchev–Trinajstić information content (AvgIpc) is 2.95. The van der Waals surface area contributed by atoms with Gasteiger partial charge in [-0.25, -0.2) is 4.79 Å². The standard InChI is InChI=1S/C21H23N3O2/c1-13-10-14-6-2-3-8-17(14)20(13)24-21(26)22-12-15-11-19(25)23-18-9-5-4-7-16(15)18/h2-9,13,15,20H,10-12H2,1H3,(H,23,25)(H2,22,24,26)/t13-,15-,20+/m1/s1. The van der Waals surface area contributed by atoms with Gasteiger partial charge in [0.15, 0.2) is 0 Å². The zero-order chi connectivity index (χ0) is 18.1. The molecule has 2 aliphatic rings. The smallest absolute Gasteiger partial charge is 0.315 e. The number of hydrogen-bond donors (Lipinski definition) is 3. The molecule has 1 aliphatic heterocycles. The zero-order valence-electron chi connectivity index (χ0n) is 14.8. The molecule has 0 fully saturated rings. The molecule has 0 spiro atoms. The summed E-state index contributed by atoms with van der Waals surface area (Å²) in [4.78, 5) is 24.4. The average molecular weight is 349 g/mol. The van der Waals surface area contributed by atoms with Gasteiger partial charge in [0.2, 0.25) is 5.91 Å². The number of anilines is 1. The zero-order valence-corrected chi connectivity index (χ0v) is 14.8. The summed E-state index contributed by atoms with van der Waals surface area (Å²) < 4.78 is 0. The van der Waals surface area contributed by atoms with Crippen LogP contribution in [0.2, 0.25) is 0 Å². The number of nitrogens with one attached hydrogen (secondary N) is 3. The molecule has 2 aromatic carbocycles. The fourth-order valence-electron chi connectivity index (χ4n) is 4.11. The Bertz CT molecular complexity index is 849. The van der Waals surface area contributed by atoms with Crippen molar-refractivity contribution >= 4 is 17.6 Å². The maximum atomic E-state index is 12.5. The lowest BCUT2D eigenvalue weighted by atomic mass is 9.90. The van der Waals surface area contributed by atoms with E-state index in [2.05, 4.69) is 35.0 Å². The van der Waals surface area contributed by atoms with Crippen LogP contribution >= 0.6 is 0 Å². The van der Waals surface area contributed by atoms with Gasteiger partial charge in [-0.15, -0.1) is 0 Å². The van der Waals surface area contributed by atoms with Crippen molar-refractivity contribution in [1.29, 1.82) is 0 Å². The van der Waals surface area contributed by atoms with Gasteiger partial charge in [-0.2, -0.15) is 0 Å². The molecule has 0 bridgehead atoms. The first-order chi connectivity index (χ1) is 12.6. The lowest BCUT2D eigenvalue weighted by molar-refractivity contribution is -0.116. The van der Waals surface area contributed by atoms with E-state index in [4.69, 9.17) is 0 Å². The van der Waals surface area contributed by atoms with Gasteiger partial charge >= 0.3 is 6.03 Å². The molecule has 134 valence electrons. The van der Waals surface area contributed by atoms with Crippen LogP contribution in [-0.4, -0.2) is 18.5 Å². The van der Waals surface area contributed by atoms with E-state index in [1.165, 1.54) is 11.1 Å². The molecule has 2 aromatic rings. The number of para-hydroxylation sites is 1. The summed E-state index contributed by atoms with van der Waals surface area (Å²) in [5, 5.41) is 8.96. The fourth-order valence-corrected chi connectivity index (χ4v) is 4.11. The van der Waals surface area contributed by atoms with Crippen LogP contribution in [0, 0.1) is 5.92 Å². The highest BCUT2D eigenvalue weighted by Crippen LogP contribution is 2.35. The lowest BCUT2D eigenvalue weighted by Crippen LogP contribution is -2.41. The summed E-state index contributed by atoms with van der Waals surface area (Å²) in [6.07, 6.45) is 1.37. The molecule has 3 N–H and O–H groups in total. The van der Waals surface area contributed by atoms with Crippen LogP contribution in [0.4, 0.5) is 10.5 Å². The van der Waals surface area contributed by atoms with E-state index in [1.54, 1.807) is 0 Å². The molecule has 5 nitrogen and oxygen atoms in total. The van der Waals surface area contributed by atoms with Gasteiger partial charge in [-0.1, -0.05) is 49.4 Å². The van der Waals surface area contributed by atoms with E-state index in [0.717, 1.165) is 17.7 Å². The molecule has 0 unspecified atom stereocenters. The minimum atomic E-state index is -0.179. The summed E-state index contributed by atoms with van der Waals surface area (Å²) in [6.45, 7) is 2.60. The molecular formula is C21H23N3O2. The Kier molecular flexibility index (Phi) is 4.37. The van der Waals surface area contributed by atoms with Gasteiger partial charge in [0, 0.05) is 24.6 Å². The van der Waals surface area contributed by atoms with Gasteiger partial charge in [-0.3, -0.25) is 4.79 Å². The first-order valence-corrected chi connectivity index (χ1v) is 9.13. The normalized spacial score (nSPS) is 23.6. The summed E-state index contributed by atoms with van der Waals surface area (Å²) in [6, 6.07) is 15.9. The number of benzene rings is 2. The molecule has 5 heteroatoms. The maximum absolute atomic E-state index is 12.5. The van der Waals surface area contributed by atoms with Crippen molar-refractivity contribution < 1.29 is 9.59 Å². The molecule has 1 aliphatic carbocycles. The van der Waals surface area contributed by atoms with Crippen molar-refractivity contribution in [3.8, 4) is 0 Å². The minimum Gasteiger partial charge on any atom is -0.338 e. The molecule has 3 amide bonds. The number of urea groups is 1. The SMILES string of the molecule is C[C@@H]1Cc2ccccc2[C@H]1NC(=O)NC[C@H]1CC(=O)Nc2ccccc21. The topological polar surface area (TPSA) is 70.2 Å². The molecule has 0 saturated heterocycles. The van der Waals surface area contributed by atoms with Crippen LogP contribution in [0.3, 0.4) is 0 Å². The first-order valence-electron chi connectivity index (χ1n) is 9.13. The Hall–Kier alpha value is -2.82. The van der Waals surface area contributed by atoms with E-state index in [9.17, 15) is 9.59 Å². The van der Waals surface area contributed by atoms with Crippen LogP contribution in [-0.2, 0) is 11.2 Å². The highest BCUT2D eigenvalue weighted by Gasteiger charge is 2.30. The number of carbonyl (C=O) groups is 2. The number of fused-ring (bicyclic) bond motifs is 2. The third-order valence-electron chi connectivity index (χ3n) is 5.40. The monoisotopic (exact) mass is 349 g/mol. The van der Waals surface area contributed by atoms with E-state index in [-0.39, 0.29) is 23.9 Å². The maximum Gasteiger partial charge on any atom is 0.315 e. The van der Waals surface area contributed by atoms with Crippen LogP contribution in [0.1, 0.15) is 42.0 Å². The predicted molar refractivity (Wildman–Crippen MR) is 101 cm³/mol. The van der Waals surface area contributed by atoms with Crippen molar-refractivity contribution in [1.82, 2.24) is 10.6 Å². The van der Waals surface area contributed by atoms with Crippen molar-refractivity contribution in [2.75, 3.05) is 11.9 Å². The number of amides is 3. The summed E-state index contributed by atoms with van der Waals surface area (Å²) in [5.74, 6) is 0.368. The van der Waals surface area contributed by atoms with E-state index in [0.29, 0.717) is 18.9 Å². The second kappa shape index (κ2) is 6.83. The molecule has 26 heavy (non-hydrogen) atoms. The van der Waals surface area contributed by atoms with Crippen molar-refractivity contribution in [2.24, 2.45) is 5.92 Å². The Balaban J connectivity index is 1.40. The first kappa shape index (κ1) is 16.6. The quantitative estimate of drug-likeness (QED) is 0.795. The fraction of sp³-hybridized carbons (Fsp3) is 0.333. The second-order valence-corrected chi connectivity index (χ2v) is 7.25. The van der Waals surface area contributed by atoms with Crippen LogP contribution in [0.15, 0.2) is 48.5 Å². The Labute approximate surface area is 153 Å². The molecule has 0 radical (unpaired) electrons. The van der Waals surface area contributed by atoms with Crippen LogP contribution in [0.25, 0.3) is 0 Å². The Morgan fingerprint density at radius 1 is 1.08 bits per heavy atom. The Morgan fingerprint density at radius 3 is 2.65 bits per heavy atom. The minimum absolute atomic E-state index is 0.000937. The van der Waals surface area contributed by atoms with Gasteiger partial charge in [0.05, 0.1) is 6.04 Å². The number of rotatable bonds is 3. The highest BCUT2D eigenvalue weighted by molar-refractivity contribution is 5.94. The largest absolute Gasteiger partial charge is 0.338 e. The van der Waals surface area contributed by atoms with Gasteiger partial charge in [0.1, 0.15) is 0 Å². The molecular weight excluding hydrogens is 326 g/mol. The van der Waals surface area contributed by atoms with E-state index < -0.39 is 0 Å². The summed E-state index contributed by atoms with van der Waals surface area (Å²) in [5.41, 5.74) is 4.43. The highest BCUT2D eigenvalue weighted by atomic mass is 16.2. The van der Waals surface area contributed by atoms with Gasteiger partial charge in [0.25, 0.3) is 0 Å². The lowest BCUT2D eigenvalue weighted by Gasteiger charge is -2.26. The van der Waals surface area contributed by atoms with Crippen molar-refractivity contribution in [3.05, 3.63) is 65.2 Å². The summed E-state index contributed by atoms with van der Waals surface area (Å²) >= 11 is 0. The van der Waals surface area contributed by atoms with Gasteiger partial charge in [-0.05, 0) is 35.1 Å². The van der Waals surface area contributed by atoms with E-state index in [1.807, 2.05) is 36.4 Å². The molecule has 0 aromatic heterocycles. The molecule has 0 saturated carbocycles. The molecule has 3 atom stereocenters.